The molecule has 0 saturated heterocycles. The lowest BCUT2D eigenvalue weighted by Crippen LogP contribution is -2.53. The molecule has 2 amide bonds. The van der Waals surface area contributed by atoms with Gasteiger partial charge in [0.25, 0.3) is 0 Å². The summed E-state index contributed by atoms with van der Waals surface area (Å²) in [7, 11) is -2.25. The van der Waals surface area contributed by atoms with Gasteiger partial charge in [0, 0.05) is 12.6 Å². The quantitative estimate of drug-likeness (QED) is 0.436. The van der Waals surface area contributed by atoms with Crippen molar-refractivity contribution < 1.29 is 27.5 Å². The van der Waals surface area contributed by atoms with E-state index in [1.807, 2.05) is 33.8 Å². The molecule has 0 fully saturated rings. The average molecular weight is 520 g/mol. The van der Waals surface area contributed by atoms with E-state index in [0.29, 0.717) is 30.2 Å². The molecule has 2 aromatic carbocycles. The molecule has 198 valence electrons. The van der Waals surface area contributed by atoms with Crippen molar-refractivity contribution in [2.75, 3.05) is 30.8 Å². The van der Waals surface area contributed by atoms with Crippen molar-refractivity contribution in [1.82, 2.24) is 10.2 Å². The second-order valence-electron chi connectivity index (χ2n) is 8.66. The Morgan fingerprint density at radius 1 is 1.03 bits per heavy atom. The molecule has 36 heavy (non-hydrogen) atoms. The minimum Gasteiger partial charge on any atom is -0.497 e. The number of ether oxygens (including phenoxy) is 2. The summed E-state index contributed by atoms with van der Waals surface area (Å²) >= 11 is 0. The van der Waals surface area contributed by atoms with Gasteiger partial charge >= 0.3 is 0 Å². The SMILES string of the molecule is CCOc1ccc(N(CC(=O)N(Cc2cccc(OC)c2)[C@@H](CC)C(=O)NC(C)C)S(C)(=O)=O)cc1. The molecule has 0 radical (unpaired) electrons. The lowest BCUT2D eigenvalue weighted by molar-refractivity contribution is -0.140. The summed E-state index contributed by atoms with van der Waals surface area (Å²) in [5.74, 6) is 0.419. The summed E-state index contributed by atoms with van der Waals surface area (Å²) in [4.78, 5) is 28.1. The number of nitrogens with one attached hydrogen (secondary N) is 1. The van der Waals surface area contributed by atoms with Crippen LogP contribution in [0.5, 0.6) is 11.5 Å². The Labute approximate surface area is 214 Å². The topological polar surface area (TPSA) is 105 Å². The smallest absolute Gasteiger partial charge is 0.244 e. The van der Waals surface area contributed by atoms with Crippen LogP contribution in [0.15, 0.2) is 48.5 Å². The predicted molar refractivity (Wildman–Crippen MR) is 141 cm³/mol. The number of hydrogen-bond acceptors (Lipinski definition) is 6. The fourth-order valence-corrected chi connectivity index (χ4v) is 4.61. The zero-order valence-electron chi connectivity index (χ0n) is 21.9. The van der Waals surface area contributed by atoms with Crippen molar-refractivity contribution in [3.63, 3.8) is 0 Å². The van der Waals surface area contributed by atoms with Gasteiger partial charge < -0.3 is 19.7 Å². The first-order valence-corrected chi connectivity index (χ1v) is 13.8. The zero-order valence-corrected chi connectivity index (χ0v) is 22.7. The molecular formula is C26H37N3O6S. The summed E-state index contributed by atoms with van der Waals surface area (Å²) in [5, 5.41) is 2.87. The van der Waals surface area contributed by atoms with E-state index in [0.717, 1.165) is 16.1 Å². The Balaban J connectivity index is 2.43. The predicted octanol–water partition coefficient (Wildman–Crippen LogP) is 3.19. The average Bonchev–Trinajstić information content (AvgIpc) is 2.82. The highest BCUT2D eigenvalue weighted by atomic mass is 32.2. The van der Waals surface area contributed by atoms with Crippen molar-refractivity contribution in [2.24, 2.45) is 0 Å². The van der Waals surface area contributed by atoms with Crippen molar-refractivity contribution in [2.45, 2.75) is 52.7 Å². The van der Waals surface area contributed by atoms with Crippen LogP contribution in [0.4, 0.5) is 5.69 Å². The van der Waals surface area contributed by atoms with Crippen LogP contribution in [0.2, 0.25) is 0 Å². The molecule has 1 atom stereocenters. The highest BCUT2D eigenvalue weighted by molar-refractivity contribution is 7.92. The first-order valence-electron chi connectivity index (χ1n) is 11.9. The van der Waals surface area contributed by atoms with Gasteiger partial charge in [0.15, 0.2) is 0 Å². The minimum atomic E-state index is -3.80. The van der Waals surface area contributed by atoms with Gasteiger partial charge in [-0.1, -0.05) is 19.1 Å². The van der Waals surface area contributed by atoms with Crippen LogP contribution < -0.4 is 19.1 Å². The Morgan fingerprint density at radius 3 is 2.22 bits per heavy atom. The molecule has 0 aliphatic heterocycles. The molecule has 9 nitrogen and oxygen atoms in total. The van der Waals surface area contributed by atoms with Gasteiger partial charge in [-0.05, 0) is 69.2 Å². The molecule has 0 aromatic heterocycles. The number of methoxy groups -OCH3 is 1. The van der Waals surface area contributed by atoms with Gasteiger partial charge in [0.2, 0.25) is 21.8 Å². The largest absolute Gasteiger partial charge is 0.497 e. The lowest BCUT2D eigenvalue weighted by Gasteiger charge is -2.33. The maximum absolute atomic E-state index is 13.7. The number of benzene rings is 2. The molecule has 2 rings (SSSR count). The van der Waals surface area contributed by atoms with Gasteiger partial charge in [-0.2, -0.15) is 0 Å². The summed E-state index contributed by atoms with van der Waals surface area (Å²) < 4.78 is 37.2. The van der Waals surface area contributed by atoms with Crippen molar-refractivity contribution in [3.05, 3.63) is 54.1 Å². The molecule has 0 heterocycles. The summed E-state index contributed by atoms with van der Waals surface area (Å²) in [6.45, 7) is 7.49. The third kappa shape index (κ3) is 8.15. The molecule has 1 N–H and O–H groups in total. The second-order valence-corrected chi connectivity index (χ2v) is 10.6. The molecule has 0 spiro atoms. The lowest BCUT2D eigenvalue weighted by atomic mass is 10.1. The van der Waals surface area contributed by atoms with Gasteiger partial charge in [-0.3, -0.25) is 13.9 Å². The van der Waals surface area contributed by atoms with E-state index < -0.39 is 28.5 Å². The number of amides is 2. The zero-order chi connectivity index (χ0) is 26.9. The summed E-state index contributed by atoms with van der Waals surface area (Å²) in [6, 6.07) is 12.8. The Kier molecular flexibility index (Phi) is 10.6. The minimum absolute atomic E-state index is 0.112. The standard InChI is InChI=1S/C26H37N3O6S/c1-7-24(26(31)27-19(3)4)28(17-20-10-9-11-23(16-20)34-5)25(30)18-29(36(6,32)33)21-12-14-22(15-13-21)35-8-2/h9-16,19,24H,7-8,17-18H2,1-6H3,(H,27,31)/t24-/m0/s1. The summed E-state index contributed by atoms with van der Waals surface area (Å²) in [5.41, 5.74) is 1.08. The number of sulfonamides is 1. The molecule has 0 aliphatic carbocycles. The van der Waals surface area contributed by atoms with Crippen molar-refractivity contribution in [3.8, 4) is 11.5 Å². The van der Waals surface area contributed by atoms with Gasteiger partial charge in [-0.15, -0.1) is 0 Å². The maximum atomic E-state index is 13.7. The Hall–Kier alpha value is -3.27. The van der Waals surface area contributed by atoms with Crippen LogP contribution in [0.1, 0.15) is 39.7 Å². The Bertz CT molecular complexity index is 1120. The number of anilines is 1. The van der Waals surface area contributed by atoms with Crippen LogP contribution in [0.25, 0.3) is 0 Å². The number of carbonyl (C=O) groups excluding carboxylic acids is 2. The first-order chi connectivity index (χ1) is 17.0. The molecular weight excluding hydrogens is 482 g/mol. The van der Waals surface area contributed by atoms with Gasteiger partial charge in [0.05, 0.1) is 25.7 Å². The van der Waals surface area contributed by atoms with Crippen LogP contribution in [-0.2, 0) is 26.2 Å². The van der Waals surface area contributed by atoms with E-state index in [1.165, 1.54) is 4.90 Å². The molecule has 0 saturated carbocycles. The van der Waals surface area contributed by atoms with Gasteiger partial charge in [-0.25, -0.2) is 8.42 Å². The Morgan fingerprint density at radius 2 is 1.69 bits per heavy atom. The molecule has 0 unspecified atom stereocenters. The number of rotatable bonds is 13. The van der Waals surface area contributed by atoms with E-state index in [-0.39, 0.29) is 18.5 Å². The van der Waals surface area contributed by atoms with Crippen LogP contribution in [0, 0.1) is 0 Å². The third-order valence-corrected chi connectivity index (χ3v) is 6.56. The number of carbonyl (C=O) groups is 2. The van der Waals surface area contributed by atoms with Crippen molar-refractivity contribution >= 4 is 27.5 Å². The fourth-order valence-electron chi connectivity index (χ4n) is 3.76. The van der Waals surface area contributed by atoms with E-state index in [2.05, 4.69) is 5.32 Å². The molecule has 10 heteroatoms. The van der Waals surface area contributed by atoms with Crippen LogP contribution in [0.3, 0.4) is 0 Å². The number of hydrogen-bond donors (Lipinski definition) is 1. The molecule has 2 aromatic rings. The van der Waals surface area contributed by atoms with Crippen LogP contribution >= 0.6 is 0 Å². The molecule has 0 bridgehead atoms. The first kappa shape index (κ1) is 29.0. The maximum Gasteiger partial charge on any atom is 0.244 e. The highest BCUT2D eigenvalue weighted by Gasteiger charge is 2.32. The highest BCUT2D eigenvalue weighted by Crippen LogP contribution is 2.23. The van der Waals surface area contributed by atoms with Crippen LogP contribution in [-0.4, -0.2) is 63.7 Å². The normalized spacial score (nSPS) is 12.1. The van der Waals surface area contributed by atoms with Gasteiger partial charge in [0.1, 0.15) is 24.1 Å². The van der Waals surface area contributed by atoms with E-state index in [4.69, 9.17) is 9.47 Å². The van der Waals surface area contributed by atoms with E-state index in [9.17, 15) is 18.0 Å². The monoisotopic (exact) mass is 519 g/mol. The third-order valence-electron chi connectivity index (χ3n) is 5.42. The van der Waals surface area contributed by atoms with Crippen molar-refractivity contribution in [1.29, 1.82) is 0 Å². The van der Waals surface area contributed by atoms with E-state index >= 15 is 0 Å². The molecule has 0 aliphatic rings. The second kappa shape index (κ2) is 13.2. The summed E-state index contributed by atoms with van der Waals surface area (Å²) in [6.07, 6.45) is 1.40. The fraction of sp³-hybridized carbons (Fsp3) is 0.462. The van der Waals surface area contributed by atoms with E-state index in [1.54, 1.807) is 49.6 Å². The number of nitrogens with zero attached hydrogens (tertiary/aromatic N) is 2.